The van der Waals surface area contributed by atoms with Crippen LogP contribution in [0.2, 0.25) is 0 Å². The molecule has 2 fully saturated rings. The molecular formula is C17H21NO3. The molecule has 4 nitrogen and oxygen atoms in total. The molecule has 112 valence electrons. The van der Waals surface area contributed by atoms with Gasteiger partial charge < -0.3 is 14.6 Å². The maximum absolute atomic E-state index is 9.48. The van der Waals surface area contributed by atoms with Crippen molar-refractivity contribution in [1.82, 2.24) is 0 Å². The number of rotatable bonds is 5. The van der Waals surface area contributed by atoms with Crippen LogP contribution >= 0.6 is 0 Å². The first-order valence-electron chi connectivity index (χ1n) is 7.61. The van der Waals surface area contributed by atoms with Gasteiger partial charge in [-0.25, -0.2) is 0 Å². The Kier molecular flexibility index (Phi) is 3.77. The molecule has 0 aliphatic heterocycles. The molecule has 0 bridgehead atoms. The molecule has 2 aliphatic carbocycles. The lowest BCUT2D eigenvalue weighted by atomic mass is 9.94. The van der Waals surface area contributed by atoms with Gasteiger partial charge in [0.1, 0.15) is 0 Å². The van der Waals surface area contributed by atoms with E-state index in [1.165, 1.54) is 12.8 Å². The Hall–Kier alpha value is -1.73. The van der Waals surface area contributed by atoms with Gasteiger partial charge in [-0.3, -0.25) is 0 Å². The third kappa shape index (κ3) is 2.47. The molecule has 2 aliphatic rings. The van der Waals surface area contributed by atoms with Crippen molar-refractivity contribution in [1.29, 1.82) is 5.26 Å². The Labute approximate surface area is 125 Å². The van der Waals surface area contributed by atoms with Crippen LogP contribution in [0.5, 0.6) is 11.5 Å². The average molecular weight is 287 g/mol. The molecule has 0 aromatic heterocycles. The van der Waals surface area contributed by atoms with Crippen molar-refractivity contribution < 1.29 is 14.6 Å². The summed E-state index contributed by atoms with van der Waals surface area (Å²) in [6.45, 7) is 0.0540. The van der Waals surface area contributed by atoms with Crippen LogP contribution in [0.15, 0.2) is 18.2 Å². The normalized spacial score (nSPS) is 28.1. The highest BCUT2D eigenvalue weighted by Crippen LogP contribution is 2.54. The van der Waals surface area contributed by atoms with E-state index in [2.05, 4.69) is 6.07 Å². The molecule has 2 atom stereocenters. The second-order valence-electron chi connectivity index (χ2n) is 6.06. The molecule has 2 saturated carbocycles. The molecule has 1 aromatic rings. The fraction of sp³-hybridized carbons (Fsp3) is 0.588. The Morgan fingerprint density at radius 3 is 2.67 bits per heavy atom. The summed E-state index contributed by atoms with van der Waals surface area (Å²) in [4.78, 5) is 0. The van der Waals surface area contributed by atoms with Crippen molar-refractivity contribution in [2.45, 2.75) is 43.6 Å². The fourth-order valence-electron chi connectivity index (χ4n) is 3.34. The zero-order valence-electron chi connectivity index (χ0n) is 12.3. The van der Waals surface area contributed by atoms with E-state index in [4.69, 9.17) is 9.47 Å². The third-order valence-corrected chi connectivity index (χ3v) is 4.80. The lowest BCUT2D eigenvalue weighted by Crippen LogP contribution is -2.14. The first kappa shape index (κ1) is 14.2. The van der Waals surface area contributed by atoms with Crippen LogP contribution in [0.1, 0.15) is 37.7 Å². The van der Waals surface area contributed by atoms with Crippen molar-refractivity contribution in [3.8, 4) is 17.6 Å². The van der Waals surface area contributed by atoms with Gasteiger partial charge in [0.2, 0.25) is 0 Å². The third-order valence-electron chi connectivity index (χ3n) is 4.80. The molecular weight excluding hydrogens is 266 g/mol. The number of nitriles is 1. The number of ether oxygens (including phenoxy) is 2. The number of hydrogen-bond acceptors (Lipinski definition) is 4. The van der Waals surface area contributed by atoms with Crippen molar-refractivity contribution in [2.75, 3.05) is 13.7 Å². The maximum Gasteiger partial charge on any atom is 0.161 e. The zero-order valence-corrected chi connectivity index (χ0v) is 12.3. The number of benzene rings is 1. The monoisotopic (exact) mass is 287 g/mol. The van der Waals surface area contributed by atoms with Gasteiger partial charge in [-0.2, -0.15) is 5.26 Å². The fourth-order valence-corrected chi connectivity index (χ4v) is 3.34. The molecule has 0 saturated heterocycles. The van der Waals surface area contributed by atoms with E-state index in [9.17, 15) is 10.4 Å². The standard InChI is InChI=1S/C17H21NO3/c1-20-15-7-6-12(17(11-18)9-13(17)10-19)8-16(15)21-14-4-2-3-5-14/h6-8,13-14,19H,2-5,9-10H2,1H3. The minimum Gasteiger partial charge on any atom is -0.493 e. The SMILES string of the molecule is COc1ccc(C2(C#N)CC2CO)cc1OC1CCCC1. The van der Waals surface area contributed by atoms with Crippen LogP contribution in [-0.2, 0) is 5.41 Å². The summed E-state index contributed by atoms with van der Waals surface area (Å²) in [5, 5.41) is 18.8. The van der Waals surface area contributed by atoms with Crippen LogP contribution in [-0.4, -0.2) is 24.9 Å². The van der Waals surface area contributed by atoms with E-state index in [1.807, 2.05) is 18.2 Å². The quantitative estimate of drug-likeness (QED) is 0.904. The summed E-state index contributed by atoms with van der Waals surface area (Å²) in [5.74, 6) is 1.47. The predicted molar refractivity (Wildman–Crippen MR) is 78.4 cm³/mol. The van der Waals surface area contributed by atoms with Gasteiger partial charge in [-0.15, -0.1) is 0 Å². The van der Waals surface area contributed by atoms with Gasteiger partial charge in [-0.1, -0.05) is 6.07 Å². The summed E-state index contributed by atoms with van der Waals surface area (Å²) in [6.07, 6.45) is 5.55. The van der Waals surface area contributed by atoms with Crippen molar-refractivity contribution in [2.24, 2.45) is 5.92 Å². The van der Waals surface area contributed by atoms with E-state index >= 15 is 0 Å². The van der Waals surface area contributed by atoms with Gasteiger partial charge >= 0.3 is 0 Å². The van der Waals surface area contributed by atoms with E-state index < -0.39 is 5.41 Å². The number of aliphatic hydroxyl groups excluding tert-OH is 1. The molecule has 0 heterocycles. The lowest BCUT2D eigenvalue weighted by Gasteiger charge is -2.18. The first-order valence-corrected chi connectivity index (χ1v) is 7.61. The molecule has 0 radical (unpaired) electrons. The number of nitrogens with zero attached hydrogens (tertiary/aromatic N) is 1. The minimum absolute atomic E-state index is 0.0372. The van der Waals surface area contributed by atoms with E-state index in [1.54, 1.807) is 7.11 Å². The summed E-state index contributed by atoms with van der Waals surface area (Å²) in [7, 11) is 1.63. The molecule has 3 rings (SSSR count). The van der Waals surface area contributed by atoms with Gasteiger partial charge in [0.15, 0.2) is 11.5 Å². The van der Waals surface area contributed by atoms with Gasteiger partial charge in [0.05, 0.1) is 24.7 Å². The van der Waals surface area contributed by atoms with Crippen LogP contribution in [0.4, 0.5) is 0 Å². The highest BCUT2D eigenvalue weighted by Gasteiger charge is 2.56. The van der Waals surface area contributed by atoms with E-state index in [0.717, 1.165) is 30.6 Å². The van der Waals surface area contributed by atoms with Crippen molar-refractivity contribution >= 4 is 0 Å². The highest BCUT2D eigenvalue weighted by atomic mass is 16.5. The topological polar surface area (TPSA) is 62.5 Å². The largest absolute Gasteiger partial charge is 0.493 e. The minimum atomic E-state index is -0.547. The smallest absolute Gasteiger partial charge is 0.161 e. The van der Waals surface area contributed by atoms with Crippen LogP contribution < -0.4 is 9.47 Å². The highest BCUT2D eigenvalue weighted by molar-refractivity contribution is 5.50. The molecule has 0 spiro atoms. The summed E-state index contributed by atoms with van der Waals surface area (Å²) in [6, 6.07) is 8.08. The Bertz CT molecular complexity index is 560. The molecule has 21 heavy (non-hydrogen) atoms. The van der Waals surface area contributed by atoms with Gasteiger partial charge in [0, 0.05) is 12.5 Å². The summed E-state index contributed by atoms with van der Waals surface area (Å²) < 4.78 is 11.5. The van der Waals surface area contributed by atoms with Crippen LogP contribution in [0.3, 0.4) is 0 Å². The van der Waals surface area contributed by atoms with Crippen molar-refractivity contribution in [3.05, 3.63) is 23.8 Å². The Balaban J connectivity index is 1.88. The maximum atomic E-state index is 9.48. The summed E-state index contributed by atoms with van der Waals surface area (Å²) in [5.41, 5.74) is 0.382. The molecule has 1 aromatic carbocycles. The van der Waals surface area contributed by atoms with Gasteiger partial charge in [-0.05, 0) is 49.8 Å². The number of aliphatic hydroxyl groups is 1. The molecule has 1 N–H and O–H groups in total. The molecule has 0 amide bonds. The molecule has 4 heteroatoms. The zero-order chi connectivity index (χ0) is 14.9. The van der Waals surface area contributed by atoms with Crippen molar-refractivity contribution in [3.63, 3.8) is 0 Å². The van der Waals surface area contributed by atoms with Crippen LogP contribution in [0.25, 0.3) is 0 Å². The van der Waals surface area contributed by atoms with E-state index in [0.29, 0.717) is 5.75 Å². The number of hydrogen-bond donors (Lipinski definition) is 1. The Morgan fingerprint density at radius 1 is 1.33 bits per heavy atom. The molecule has 2 unspecified atom stereocenters. The number of methoxy groups -OCH3 is 1. The van der Waals surface area contributed by atoms with Crippen LogP contribution in [0, 0.1) is 17.2 Å². The van der Waals surface area contributed by atoms with E-state index in [-0.39, 0.29) is 18.6 Å². The Morgan fingerprint density at radius 2 is 2.10 bits per heavy atom. The second-order valence-corrected chi connectivity index (χ2v) is 6.06. The summed E-state index contributed by atoms with van der Waals surface area (Å²) >= 11 is 0. The second kappa shape index (κ2) is 5.57. The predicted octanol–water partition coefficient (Wildman–Crippen LogP) is 2.79. The van der Waals surface area contributed by atoms with Gasteiger partial charge in [0.25, 0.3) is 0 Å². The average Bonchev–Trinajstić information content (AvgIpc) is 3.04. The first-order chi connectivity index (χ1) is 10.2. The lowest BCUT2D eigenvalue weighted by molar-refractivity contribution is 0.200.